The number of benzene rings is 1. The zero-order valence-electron chi connectivity index (χ0n) is 12.1. The monoisotopic (exact) mass is 331 g/mol. The first kappa shape index (κ1) is 16.5. The molecule has 0 saturated heterocycles. The summed E-state index contributed by atoms with van der Waals surface area (Å²) in [5, 5.41) is -0.0900. The Morgan fingerprint density at radius 1 is 1.14 bits per heavy atom. The van der Waals surface area contributed by atoms with E-state index >= 15 is 0 Å². The van der Waals surface area contributed by atoms with Gasteiger partial charge in [0.05, 0.1) is 12.7 Å². The summed E-state index contributed by atoms with van der Waals surface area (Å²) in [6.45, 7) is 3.38. The van der Waals surface area contributed by atoms with Crippen LogP contribution in [0.4, 0.5) is 13.2 Å². The van der Waals surface area contributed by atoms with Crippen LogP contribution in [0.25, 0.3) is 11.4 Å². The van der Waals surface area contributed by atoms with Gasteiger partial charge in [0, 0.05) is 5.56 Å². The summed E-state index contributed by atoms with van der Waals surface area (Å²) in [7, 11) is 1.36. The molecule has 1 aromatic heterocycles. The van der Waals surface area contributed by atoms with Gasteiger partial charge in [0.1, 0.15) is 0 Å². The summed E-state index contributed by atoms with van der Waals surface area (Å²) < 4.78 is 44.0. The van der Waals surface area contributed by atoms with E-state index in [1.807, 2.05) is 0 Å². The van der Waals surface area contributed by atoms with Crippen molar-refractivity contribution in [2.24, 2.45) is 0 Å². The van der Waals surface area contributed by atoms with Crippen LogP contribution in [0.2, 0.25) is 5.28 Å². The van der Waals surface area contributed by atoms with E-state index in [0.717, 1.165) is 6.07 Å². The standard InChI is InChI=1S/C14H13ClF3N3O/c1-7(2)9-6-8(4-5-10(9)14(16,17)18)11-19-12(15)21-13(20-11)22-3/h4-7H,1-3H3. The quantitative estimate of drug-likeness (QED) is 0.839. The molecule has 0 atom stereocenters. The Labute approximate surface area is 130 Å². The molecule has 2 rings (SSSR count). The van der Waals surface area contributed by atoms with Crippen LogP contribution in [0, 0.1) is 0 Å². The fourth-order valence-corrected chi connectivity index (χ4v) is 2.14. The topological polar surface area (TPSA) is 47.9 Å². The molecule has 22 heavy (non-hydrogen) atoms. The van der Waals surface area contributed by atoms with Crippen LogP contribution in [0.15, 0.2) is 18.2 Å². The maximum atomic E-state index is 13.0. The minimum Gasteiger partial charge on any atom is -0.467 e. The molecule has 2 aromatic rings. The first-order valence-corrected chi connectivity index (χ1v) is 6.77. The molecule has 0 amide bonds. The summed E-state index contributed by atoms with van der Waals surface area (Å²) >= 11 is 5.76. The van der Waals surface area contributed by atoms with Crippen molar-refractivity contribution in [2.75, 3.05) is 7.11 Å². The molecule has 8 heteroatoms. The van der Waals surface area contributed by atoms with Gasteiger partial charge >= 0.3 is 12.2 Å². The fourth-order valence-electron chi connectivity index (χ4n) is 1.99. The molecule has 118 valence electrons. The normalized spacial score (nSPS) is 11.8. The van der Waals surface area contributed by atoms with E-state index in [2.05, 4.69) is 15.0 Å². The molecule has 0 aliphatic heterocycles. The lowest BCUT2D eigenvalue weighted by atomic mass is 9.94. The van der Waals surface area contributed by atoms with E-state index in [1.54, 1.807) is 13.8 Å². The van der Waals surface area contributed by atoms with E-state index in [-0.39, 0.29) is 28.6 Å². The number of hydrogen-bond acceptors (Lipinski definition) is 4. The lowest BCUT2D eigenvalue weighted by molar-refractivity contribution is -0.138. The van der Waals surface area contributed by atoms with Crippen LogP contribution < -0.4 is 4.74 Å². The Balaban J connectivity index is 2.58. The van der Waals surface area contributed by atoms with Gasteiger partial charge in [0.15, 0.2) is 5.82 Å². The average Bonchev–Trinajstić information content (AvgIpc) is 2.44. The molecule has 1 heterocycles. The zero-order chi connectivity index (χ0) is 16.5. The lowest BCUT2D eigenvalue weighted by Crippen LogP contribution is -2.10. The molecule has 0 aliphatic rings. The van der Waals surface area contributed by atoms with E-state index in [4.69, 9.17) is 16.3 Å². The van der Waals surface area contributed by atoms with Crippen LogP contribution >= 0.6 is 11.6 Å². The number of ether oxygens (including phenoxy) is 1. The van der Waals surface area contributed by atoms with Crippen molar-refractivity contribution in [1.82, 2.24) is 15.0 Å². The second-order valence-corrected chi connectivity index (χ2v) is 5.21. The number of hydrogen-bond donors (Lipinski definition) is 0. The van der Waals surface area contributed by atoms with Crippen LogP contribution in [-0.2, 0) is 6.18 Å². The highest BCUT2D eigenvalue weighted by Crippen LogP contribution is 2.37. The Hall–Kier alpha value is -1.89. The van der Waals surface area contributed by atoms with Gasteiger partial charge in [-0.2, -0.15) is 28.1 Å². The summed E-state index contributed by atoms with van der Waals surface area (Å²) in [5.74, 6) is -0.150. The summed E-state index contributed by atoms with van der Waals surface area (Å²) in [6, 6.07) is 3.74. The SMILES string of the molecule is COc1nc(Cl)nc(-c2ccc(C(F)(F)F)c(C(C)C)c2)n1. The molecular weight excluding hydrogens is 319 g/mol. The minimum atomic E-state index is -4.41. The van der Waals surface area contributed by atoms with Crippen molar-refractivity contribution in [1.29, 1.82) is 0 Å². The highest BCUT2D eigenvalue weighted by Gasteiger charge is 2.34. The molecule has 0 radical (unpaired) electrons. The number of halogens is 4. The molecule has 0 saturated carbocycles. The predicted octanol–water partition coefficient (Wildman–Crippen LogP) is 4.34. The molecule has 0 spiro atoms. The zero-order valence-corrected chi connectivity index (χ0v) is 12.8. The average molecular weight is 332 g/mol. The minimum absolute atomic E-state index is 0.000921. The van der Waals surface area contributed by atoms with Gasteiger partial charge < -0.3 is 4.74 Å². The van der Waals surface area contributed by atoms with Crippen LogP contribution in [0.3, 0.4) is 0 Å². The van der Waals surface area contributed by atoms with Gasteiger partial charge in [-0.15, -0.1) is 0 Å². The highest BCUT2D eigenvalue weighted by molar-refractivity contribution is 6.28. The molecule has 0 unspecified atom stereocenters. The van der Waals surface area contributed by atoms with Gasteiger partial charge in [0.2, 0.25) is 5.28 Å². The Morgan fingerprint density at radius 2 is 1.82 bits per heavy atom. The number of alkyl halides is 3. The van der Waals surface area contributed by atoms with Gasteiger partial charge in [-0.25, -0.2) is 0 Å². The van der Waals surface area contributed by atoms with E-state index in [9.17, 15) is 13.2 Å². The summed E-state index contributed by atoms with van der Waals surface area (Å²) in [6.07, 6.45) is -4.41. The van der Waals surface area contributed by atoms with Crippen molar-refractivity contribution in [3.8, 4) is 17.4 Å². The third-order valence-corrected chi connectivity index (χ3v) is 3.18. The maximum absolute atomic E-state index is 13.0. The first-order chi connectivity index (χ1) is 10.2. The first-order valence-electron chi connectivity index (χ1n) is 6.39. The van der Waals surface area contributed by atoms with E-state index in [1.165, 1.54) is 19.2 Å². The van der Waals surface area contributed by atoms with Gasteiger partial charge in [0.25, 0.3) is 0 Å². The highest BCUT2D eigenvalue weighted by atomic mass is 35.5. The Morgan fingerprint density at radius 3 is 2.36 bits per heavy atom. The van der Waals surface area contributed by atoms with Crippen LogP contribution in [0.5, 0.6) is 6.01 Å². The smallest absolute Gasteiger partial charge is 0.416 e. The third-order valence-electron chi connectivity index (χ3n) is 3.01. The summed E-state index contributed by atoms with van der Waals surface area (Å²) in [5.41, 5.74) is -0.0850. The second kappa shape index (κ2) is 6.08. The number of rotatable bonds is 3. The maximum Gasteiger partial charge on any atom is 0.416 e. The predicted molar refractivity (Wildman–Crippen MR) is 75.9 cm³/mol. The third kappa shape index (κ3) is 3.47. The van der Waals surface area contributed by atoms with Gasteiger partial charge in [-0.1, -0.05) is 19.9 Å². The van der Waals surface area contributed by atoms with E-state index < -0.39 is 11.7 Å². The van der Waals surface area contributed by atoms with Crippen LogP contribution in [0.1, 0.15) is 30.9 Å². The molecule has 4 nitrogen and oxygen atoms in total. The number of nitrogens with zero attached hydrogens (tertiary/aromatic N) is 3. The van der Waals surface area contributed by atoms with Gasteiger partial charge in [-0.05, 0) is 35.2 Å². The molecular formula is C14H13ClF3N3O. The van der Waals surface area contributed by atoms with Crippen molar-refractivity contribution in [2.45, 2.75) is 25.9 Å². The molecule has 0 aliphatic carbocycles. The molecule has 0 N–H and O–H groups in total. The largest absolute Gasteiger partial charge is 0.467 e. The molecule has 0 fully saturated rings. The second-order valence-electron chi connectivity index (χ2n) is 4.87. The Kier molecular flexibility index (Phi) is 4.55. The van der Waals surface area contributed by atoms with Crippen molar-refractivity contribution in [3.05, 3.63) is 34.6 Å². The van der Waals surface area contributed by atoms with Crippen LogP contribution in [-0.4, -0.2) is 22.1 Å². The fraction of sp³-hybridized carbons (Fsp3) is 0.357. The lowest BCUT2D eigenvalue weighted by Gasteiger charge is -2.16. The van der Waals surface area contributed by atoms with Crippen molar-refractivity contribution >= 4 is 11.6 Å². The van der Waals surface area contributed by atoms with Gasteiger partial charge in [-0.3, -0.25) is 0 Å². The van der Waals surface area contributed by atoms with E-state index in [0.29, 0.717) is 5.56 Å². The van der Waals surface area contributed by atoms with Crippen molar-refractivity contribution < 1.29 is 17.9 Å². The number of methoxy groups -OCH3 is 1. The van der Waals surface area contributed by atoms with Crippen molar-refractivity contribution in [3.63, 3.8) is 0 Å². The number of aromatic nitrogens is 3. The Bertz CT molecular complexity index is 690. The molecule has 0 bridgehead atoms. The molecule has 1 aromatic carbocycles. The summed E-state index contributed by atoms with van der Waals surface area (Å²) in [4.78, 5) is 11.7.